The molecule has 0 heterocycles. The molecule has 1 atom stereocenters. The van der Waals surface area contributed by atoms with Crippen LogP contribution in [0.15, 0.2) is 24.8 Å². The van der Waals surface area contributed by atoms with Gasteiger partial charge in [-0.05, 0) is 6.92 Å². The Morgan fingerprint density at radius 1 is 1.44 bits per heavy atom. The lowest BCUT2D eigenvalue weighted by Gasteiger charge is -2.13. The van der Waals surface area contributed by atoms with Crippen LogP contribution in [-0.2, 0) is 23.9 Å². The second kappa shape index (κ2) is 6.39. The lowest BCUT2D eigenvalue weighted by Crippen LogP contribution is -2.32. The van der Waals surface area contributed by atoms with Gasteiger partial charge in [0.2, 0.25) is 6.10 Å². The SMILES string of the molecule is C=CC(=O)OCC(OC(=O)C(=C)C)C(=O)O. The van der Waals surface area contributed by atoms with Crippen LogP contribution in [0.5, 0.6) is 0 Å². The van der Waals surface area contributed by atoms with Gasteiger partial charge in [0.25, 0.3) is 0 Å². The number of aliphatic carboxylic acids is 1. The third-order valence-electron chi connectivity index (χ3n) is 1.42. The lowest BCUT2D eigenvalue weighted by molar-refractivity contribution is -0.167. The number of hydrogen-bond acceptors (Lipinski definition) is 5. The number of carboxylic acids is 1. The molecular weight excluding hydrogens is 216 g/mol. The molecule has 0 aromatic carbocycles. The molecule has 0 aromatic heterocycles. The maximum absolute atomic E-state index is 11.0. The molecule has 6 nitrogen and oxygen atoms in total. The molecule has 0 fully saturated rings. The first-order chi connectivity index (χ1) is 7.38. The Kier molecular flexibility index (Phi) is 5.55. The molecule has 0 aliphatic heterocycles. The zero-order valence-corrected chi connectivity index (χ0v) is 8.76. The number of hydrogen-bond donors (Lipinski definition) is 1. The quantitative estimate of drug-likeness (QED) is 0.519. The van der Waals surface area contributed by atoms with Crippen molar-refractivity contribution in [1.29, 1.82) is 0 Å². The minimum atomic E-state index is -1.55. The number of rotatable bonds is 6. The Morgan fingerprint density at radius 3 is 2.38 bits per heavy atom. The Balaban J connectivity index is 4.34. The third-order valence-corrected chi connectivity index (χ3v) is 1.42. The van der Waals surface area contributed by atoms with E-state index in [2.05, 4.69) is 22.6 Å². The molecule has 0 rings (SSSR count). The van der Waals surface area contributed by atoms with E-state index in [0.29, 0.717) is 0 Å². The summed E-state index contributed by atoms with van der Waals surface area (Å²) in [5.41, 5.74) is 0.0568. The summed E-state index contributed by atoms with van der Waals surface area (Å²) in [7, 11) is 0. The summed E-state index contributed by atoms with van der Waals surface area (Å²) >= 11 is 0. The van der Waals surface area contributed by atoms with Crippen molar-refractivity contribution in [1.82, 2.24) is 0 Å². The first-order valence-electron chi connectivity index (χ1n) is 4.27. The largest absolute Gasteiger partial charge is 0.478 e. The van der Waals surface area contributed by atoms with Crippen molar-refractivity contribution in [3.63, 3.8) is 0 Å². The Bertz CT molecular complexity index is 330. The molecule has 88 valence electrons. The van der Waals surface area contributed by atoms with Crippen molar-refractivity contribution in [2.75, 3.05) is 6.61 Å². The van der Waals surface area contributed by atoms with Gasteiger partial charge in [-0.1, -0.05) is 13.2 Å². The summed E-state index contributed by atoms with van der Waals surface area (Å²) in [6.07, 6.45) is -0.674. The highest BCUT2D eigenvalue weighted by Gasteiger charge is 2.23. The molecule has 0 aromatic rings. The predicted molar refractivity (Wildman–Crippen MR) is 53.5 cm³/mol. The smallest absolute Gasteiger partial charge is 0.348 e. The summed E-state index contributed by atoms with van der Waals surface area (Å²) in [5, 5.41) is 8.67. The van der Waals surface area contributed by atoms with Gasteiger partial charge in [-0.3, -0.25) is 0 Å². The molecule has 1 unspecified atom stereocenters. The van der Waals surface area contributed by atoms with Crippen LogP contribution < -0.4 is 0 Å². The average Bonchev–Trinajstić information content (AvgIpc) is 2.22. The number of carbonyl (C=O) groups is 3. The predicted octanol–water partition coefficient (Wildman–Crippen LogP) is 0.288. The van der Waals surface area contributed by atoms with Crippen molar-refractivity contribution in [3.05, 3.63) is 24.8 Å². The summed E-state index contributed by atoms with van der Waals surface area (Å²) in [4.78, 5) is 32.3. The van der Waals surface area contributed by atoms with E-state index in [0.717, 1.165) is 6.08 Å². The van der Waals surface area contributed by atoms with Gasteiger partial charge in [0.1, 0.15) is 6.61 Å². The minimum Gasteiger partial charge on any atom is -0.478 e. The monoisotopic (exact) mass is 228 g/mol. The van der Waals surface area contributed by atoms with Crippen molar-refractivity contribution < 1.29 is 29.0 Å². The maximum atomic E-state index is 11.0. The molecule has 1 N–H and O–H groups in total. The zero-order valence-electron chi connectivity index (χ0n) is 8.76. The Morgan fingerprint density at radius 2 is 2.00 bits per heavy atom. The fourth-order valence-corrected chi connectivity index (χ4v) is 0.602. The third kappa shape index (κ3) is 4.94. The number of ether oxygens (including phenoxy) is 2. The van der Waals surface area contributed by atoms with E-state index < -0.39 is 30.6 Å². The van der Waals surface area contributed by atoms with Gasteiger partial charge in [0.15, 0.2) is 0 Å². The molecule has 16 heavy (non-hydrogen) atoms. The van der Waals surface area contributed by atoms with Gasteiger partial charge < -0.3 is 14.6 Å². The molecule has 0 bridgehead atoms. The average molecular weight is 228 g/mol. The number of esters is 2. The first kappa shape index (κ1) is 13.9. The summed E-state index contributed by atoms with van der Waals surface area (Å²) in [6, 6.07) is 0. The number of carboxylic acid groups (broad SMARTS) is 1. The van der Waals surface area contributed by atoms with Crippen molar-refractivity contribution >= 4 is 17.9 Å². The normalized spacial score (nSPS) is 11.1. The fraction of sp³-hybridized carbons (Fsp3) is 0.300. The summed E-state index contributed by atoms with van der Waals surface area (Å²) < 4.78 is 8.97. The van der Waals surface area contributed by atoms with Crippen LogP contribution in [0, 0.1) is 0 Å². The maximum Gasteiger partial charge on any atom is 0.348 e. The van der Waals surface area contributed by atoms with E-state index in [9.17, 15) is 14.4 Å². The highest BCUT2D eigenvalue weighted by atomic mass is 16.6. The molecule has 0 radical (unpaired) electrons. The molecular formula is C10H12O6. The van der Waals surface area contributed by atoms with Crippen LogP contribution in [-0.4, -0.2) is 35.7 Å². The van der Waals surface area contributed by atoms with E-state index in [1.165, 1.54) is 6.92 Å². The molecule has 0 aliphatic rings. The van der Waals surface area contributed by atoms with Crippen LogP contribution >= 0.6 is 0 Å². The molecule has 0 spiro atoms. The van der Waals surface area contributed by atoms with Crippen molar-refractivity contribution in [3.8, 4) is 0 Å². The lowest BCUT2D eigenvalue weighted by atomic mass is 10.3. The second-order valence-corrected chi connectivity index (χ2v) is 2.85. The van der Waals surface area contributed by atoms with Gasteiger partial charge in [-0.25, -0.2) is 14.4 Å². The topological polar surface area (TPSA) is 89.9 Å². The van der Waals surface area contributed by atoms with Crippen molar-refractivity contribution in [2.45, 2.75) is 13.0 Å². The van der Waals surface area contributed by atoms with Crippen LogP contribution in [0.2, 0.25) is 0 Å². The minimum absolute atomic E-state index is 0.0568. The van der Waals surface area contributed by atoms with E-state index in [4.69, 9.17) is 5.11 Å². The summed E-state index contributed by atoms with van der Waals surface area (Å²) in [5.74, 6) is -3.06. The zero-order chi connectivity index (χ0) is 12.7. The fourth-order valence-electron chi connectivity index (χ4n) is 0.602. The van der Waals surface area contributed by atoms with Crippen LogP contribution in [0.3, 0.4) is 0 Å². The molecule has 0 saturated heterocycles. The van der Waals surface area contributed by atoms with Gasteiger partial charge in [0.05, 0.1) is 0 Å². The molecule has 6 heteroatoms. The summed E-state index contributed by atoms with van der Waals surface area (Å²) in [6.45, 7) is 7.22. The van der Waals surface area contributed by atoms with Crippen molar-refractivity contribution in [2.24, 2.45) is 0 Å². The van der Waals surface area contributed by atoms with Crippen LogP contribution in [0.4, 0.5) is 0 Å². The Labute approximate surface area is 92.2 Å². The van der Waals surface area contributed by atoms with E-state index >= 15 is 0 Å². The van der Waals surface area contributed by atoms with Gasteiger partial charge >= 0.3 is 17.9 Å². The van der Waals surface area contributed by atoms with Crippen LogP contribution in [0.1, 0.15) is 6.92 Å². The van der Waals surface area contributed by atoms with Gasteiger partial charge in [-0.2, -0.15) is 0 Å². The van der Waals surface area contributed by atoms with Gasteiger partial charge in [0, 0.05) is 11.6 Å². The van der Waals surface area contributed by atoms with Gasteiger partial charge in [-0.15, -0.1) is 0 Å². The Hall–Kier alpha value is -2.11. The standard InChI is InChI=1S/C10H12O6/c1-4-8(11)15-5-7(9(12)13)16-10(14)6(2)3/h4,7H,1-2,5H2,3H3,(H,12,13). The van der Waals surface area contributed by atoms with E-state index in [1.807, 2.05) is 0 Å². The molecule has 0 saturated carbocycles. The highest BCUT2D eigenvalue weighted by molar-refractivity contribution is 5.89. The first-order valence-corrected chi connectivity index (χ1v) is 4.27. The van der Waals surface area contributed by atoms with Crippen LogP contribution in [0.25, 0.3) is 0 Å². The molecule has 0 amide bonds. The highest BCUT2D eigenvalue weighted by Crippen LogP contribution is 2.00. The van der Waals surface area contributed by atoms with E-state index in [1.54, 1.807) is 0 Å². The molecule has 0 aliphatic carbocycles. The second-order valence-electron chi connectivity index (χ2n) is 2.85. The van der Waals surface area contributed by atoms with E-state index in [-0.39, 0.29) is 5.57 Å². The number of carbonyl (C=O) groups excluding carboxylic acids is 2.